The summed E-state index contributed by atoms with van der Waals surface area (Å²) >= 11 is 3.33. The highest BCUT2D eigenvalue weighted by Gasteiger charge is 2.20. The van der Waals surface area contributed by atoms with Gasteiger partial charge in [-0.2, -0.15) is 0 Å². The number of amides is 1. The van der Waals surface area contributed by atoms with E-state index in [0.717, 1.165) is 17.4 Å². The summed E-state index contributed by atoms with van der Waals surface area (Å²) in [6.07, 6.45) is 2.61. The number of halogens is 1. The number of aliphatic hydroxyl groups is 1. The Kier molecular flexibility index (Phi) is 6.24. The van der Waals surface area contributed by atoms with Crippen LogP contribution in [0.1, 0.15) is 30.6 Å². The van der Waals surface area contributed by atoms with Gasteiger partial charge in [0.1, 0.15) is 5.82 Å². The third kappa shape index (κ3) is 4.18. The molecule has 0 saturated carbocycles. The first-order valence-electron chi connectivity index (χ1n) is 6.28. The zero-order valence-corrected chi connectivity index (χ0v) is 13.1. The van der Waals surface area contributed by atoms with Gasteiger partial charge in [0.05, 0.1) is 18.2 Å². The van der Waals surface area contributed by atoms with Crippen molar-refractivity contribution < 1.29 is 9.90 Å². The van der Waals surface area contributed by atoms with Gasteiger partial charge in [0, 0.05) is 24.3 Å². The molecule has 1 rings (SSSR count). The van der Waals surface area contributed by atoms with E-state index in [0.29, 0.717) is 11.4 Å². The van der Waals surface area contributed by atoms with Crippen molar-refractivity contribution in [2.75, 3.05) is 25.5 Å². The molecule has 0 fully saturated rings. The summed E-state index contributed by atoms with van der Waals surface area (Å²) in [6, 6.07) is 1.51. The molecule has 0 aliphatic carbocycles. The smallest absolute Gasteiger partial charge is 0.257 e. The Labute approximate surface area is 122 Å². The monoisotopic (exact) mass is 329 g/mol. The largest absolute Gasteiger partial charge is 0.394 e. The predicted molar refractivity (Wildman–Crippen MR) is 79.4 cm³/mol. The third-order valence-corrected chi connectivity index (χ3v) is 3.31. The van der Waals surface area contributed by atoms with Gasteiger partial charge in [0.15, 0.2) is 0 Å². The first-order chi connectivity index (χ1) is 9.01. The first-order valence-corrected chi connectivity index (χ1v) is 7.08. The van der Waals surface area contributed by atoms with E-state index in [2.05, 4.69) is 26.2 Å². The van der Waals surface area contributed by atoms with Gasteiger partial charge in [0.25, 0.3) is 5.91 Å². The van der Waals surface area contributed by atoms with Crippen molar-refractivity contribution in [3.8, 4) is 0 Å². The number of hydrogen-bond acceptors (Lipinski definition) is 4. The number of aliphatic hydroxyl groups excluding tert-OH is 1. The number of pyridine rings is 1. The maximum absolute atomic E-state index is 12.4. The molecule has 1 aromatic rings. The quantitative estimate of drug-likeness (QED) is 0.839. The molecule has 1 heterocycles. The highest BCUT2D eigenvalue weighted by atomic mass is 79.9. The predicted octanol–water partition coefficient (Wildman–Crippen LogP) is 2.12. The molecule has 19 heavy (non-hydrogen) atoms. The van der Waals surface area contributed by atoms with Crippen LogP contribution in [0.25, 0.3) is 0 Å². The van der Waals surface area contributed by atoms with Crippen molar-refractivity contribution in [2.45, 2.75) is 26.3 Å². The molecule has 1 atom stereocenters. The van der Waals surface area contributed by atoms with Crippen LogP contribution in [-0.2, 0) is 0 Å². The molecule has 0 spiro atoms. The molecule has 0 saturated heterocycles. The van der Waals surface area contributed by atoms with Gasteiger partial charge in [0.2, 0.25) is 0 Å². The van der Waals surface area contributed by atoms with Gasteiger partial charge in [-0.25, -0.2) is 4.98 Å². The number of likely N-dealkylation sites (N-methyl/N-ethyl adjacent to an activating group) is 1. The van der Waals surface area contributed by atoms with Crippen molar-refractivity contribution in [2.24, 2.45) is 0 Å². The van der Waals surface area contributed by atoms with Gasteiger partial charge in [-0.3, -0.25) is 4.79 Å². The maximum Gasteiger partial charge on any atom is 0.257 e. The van der Waals surface area contributed by atoms with Crippen molar-refractivity contribution in [1.29, 1.82) is 0 Å². The van der Waals surface area contributed by atoms with E-state index in [9.17, 15) is 4.79 Å². The van der Waals surface area contributed by atoms with Gasteiger partial charge in [-0.1, -0.05) is 6.92 Å². The molecule has 0 aliphatic rings. The summed E-state index contributed by atoms with van der Waals surface area (Å²) in [6.45, 7) is 4.53. The highest BCUT2D eigenvalue weighted by molar-refractivity contribution is 9.10. The second-order valence-corrected chi connectivity index (χ2v) is 5.34. The van der Waals surface area contributed by atoms with Crippen LogP contribution < -0.4 is 5.32 Å². The molecule has 1 unspecified atom stereocenters. The summed E-state index contributed by atoms with van der Waals surface area (Å²) in [4.78, 5) is 18.1. The number of carbonyl (C=O) groups is 1. The lowest BCUT2D eigenvalue weighted by atomic mass is 10.2. The third-order valence-electron chi connectivity index (χ3n) is 2.87. The van der Waals surface area contributed by atoms with Gasteiger partial charge in [-0.15, -0.1) is 0 Å². The lowest BCUT2D eigenvalue weighted by molar-refractivity contribution is 0.0682. The minimum Gasteiger partial charge on any atom is -0.394 e. The molecular weight excluding hydrogens is 310 g/mol. The molecule has 1 amide bonds. The fourth-order valence-corrected chi connectivity index (χ4v) is 1.83. The number of aromatic nitrogens is 1. The van der Waals surface area contributed by atoms with E-state index in [4.69, 9.17) is 5.11 Å². The van der Waals surface area contributed by atoms with Crippen molar-refractivity contribution in [3.05, 3.63) is 22.3 Å². The van der Waals surface area contributed by atoms with E-state index in [-0.39, 0.29) is 18.6 Å². The molecule has 5 nitrogen and oxygen atoms in total. The fraction of sp³-hybridized carbons (Fsp3) is 0.538. The van der Waals surface area contributed by atoms with Crippen LogP contribution >= 0.6 is 15.9 Å². The summed E-state index contributed by atoms with van der Waals surface area (Å²) in [5, 5.41) is 12.3. The van der Waals surface area contributed by atoms with E-state index in [1.807, 2.05) is 6.92 Å². The molecule has 2 N–H and O–H groups in total. The van der Waals surface area contributed by atoms with Crippen molar-refractivity contribution >= 4 is 27.7 Å². The second-order valence-electron chi connectivity index (χ2n) is 4.42. The Hall–Kier alpha value is -1.14. The van der Waals surface area contributed by atoms with Gasteiger partial charge < -0.3 is 15.3 Å². The van der Waals surface area contributed by atoms with Crippen LogP contribution in [0, 0.1) is 0 Å². The second kappa shape index (κ2) is 7.45. The van der Waals surface area contributed by atoms with Crippen LogP contribution in [0.5, 0.6) is 0 Å². The van der Waals surface area contributed by atoms with Crippen LogP contribution in [-0.4, -0.2) is 47.1 Å². The molecule has 6 heteroatoms. The normalized spacial score (nSPS) is 12.1. The lowest BCUT2D eigenvalue weighted by Crippen LogP contribution is -2.37. The Bertz CT molecular complexity index is 440. The zero-order valence-electron chi connectivity index (χ0n) is 11.5. The Balaban J connectivity index is 3.02. The highest BCUT2D eigenvalue weighted by Crippen LogP contribution is 2.20. The van der Waals surface area contributed by atoms with Crippen molar-refractivity contribution in [1.82, 2.24) is 9.88 Å². The number of rotatable bonds is 6. The molecule has 106 valence electrons. The molecular formula is C13H20BrN3O2. The molecule has 0 aliphatic heterocycles. The average molecular weight is 330 g/mol. The lowest BCUT2D eigenvalue weighted by Gasteiger charge is -2.24. The standard InChI is InChI=1S/C13H20BrN3O2/c1-4-5-15-12-11(6-10(14)7-16-12)13(19)17(3)9(2)8-18/h6-7,9,18H,4-5,8H2,1-3H3,(H,15,16). The maximum atomic E-state index is 12.4. The number of nitrogens with one attached hydrogen (secondary N) is 1. The first kappa shape index (κ1) is 15.9. The summed E-state index contributed by atoms with van der Waals surface area (Å²) in [5.74, 6) is 0.418. The molecule has 0 aromatic carbocycles. The van der Waals surface area contributed by atoms with Crippen LogP contribution in [0.3, 0.4) is 0 Å². The van der Waals surface area contributed by atoms with Crippen LogP contribution in [0.15, 0.2) is 16.7 Å². The number of anilines is 1. The van der Waals surface area contributed by atoms with Gasteiger partial charge in [-0.05, 0) is 35.3 Å². The van der Waals surface area contributed by atoms with E-state index < -0.39 is 0 Å². The topological polar surface area (TPSA) is 65.5 Å². The molecule has 0 bridgehead atoms. The Morgan fingerprint density at radius 3 is 2.89 bits per heavy atom. The number of carbonyl (C=O) groups excluding carboxylic acids is 1. The molecule has 0 radical (unpaired) electrons. The number of hydrogen-bond donors (Lipinski definition) is 2. The Morgan fingerprint density at radius 2 is 2.32 bits per heavy atom. The van der Waals surface area contributed by atoms with Crippen molar-refractivity contribution in [3.63, 3.8) is 0 Å². The summed E-state index contributed by atoms with van der Waals surface area (Å²) in [7, 11) is 1.67. The minimum atomic E-state index is -0.231. The van der Waals surface area contributed by atoms with Gasteiger partial charge >= 0.3 is 0 Å². The van der Waals surface area contributed by atoms with Crippen LogP contribution in [0.2, 0.25) is 0 Å². The van der Waals surface area contributed by atoms with E-state index in [1.165, 1.54) is 4.90 Å². The fourth-order valence-electron chi connectivity index (χ4n) is 1.50. The Morgan fingerprint density at radius 1 is 1.63 bits per heavy atom. The summed E-state index contributed by atoms with van der Waals surface area (Å²) in [5.41, 5.74) is 0.505. The number of nitrogens with zero attached hydrogens (tertiary/aromatic N) is 2. The molecule has 1 aromatic heterocycles. The zero-order chi connectivity index (χ0) is 14.4. The summed E-state index contributed by atoms with van der Waals surface area (Å²) < 4.78 is 0.753. The van der Waals surface area contributed by atoms with Crippen LogP contribution in [0.4, 0.5) is 5.82 Å². The van der Waals surface area contributed by atoms with E-state index in [1.54, 1.807) is 26.2 Å². The SMILES string of the molecule is CCCNc1ncc(Br)cc1C(=O)N(C)C(C)CO. The van der Waals surface area contributed by atoms with E-state index >= 15 is 0 Å². The average Bonchev–Trinajstić information content (AvgIpc) is 2.43. The minimum absolute atomic E-state index is 0.0681.